The number of benzene rings is 1. The third-order valence-electron chi connectivity index (χ3n) is 5.22. The second-order valence-corrected chi connectivity index (χ2v) is 8.20. The lowest BCUT2D eigenvalue weighted by molar-refractivity contribution is -0.128. The molecule has 0 unspecified atom stereocenters. The number of hydrogen-bond donors (Lipinski definition) is 2. The molecular formula is C22H30N6OS. The number of nitrogens with one attached hydrogen (secondary N) is 2. The van der Waals surface area contributed by atoms with Crippen molar-refractivity contribution in [2.75, 3.05) is 18.8 Å². The number of thioether (sulfide) groups is 1. The molecule has 0 aliphatic heterocycles. The minimum Gasteiger partial charge on any atom is -0.342 e. The molecule has 1 aromatic carbocycles. The normalized spacial score (nSPS) is 11.2. The SMILES string of the molecule is CCCCN(CC)C(=O)CSc1nc2n[nH]c(C)c2c(=N)n1-c1ccc(CC)cc1. The predicted molar refractivity (Wildman–Crippen MR) is 121 cm³/mol. The number of fused-ring (bicyclic) bond motifs is 1. The zero-order chi connectivity index (χ0) is 21.7. The number of aromatic amines is 1. The monoisotopic (exact) mass is 426 g/mol. The van der Waals surface area contributed by atoms with Gasteiger partial charge in [0, 0.05) is 24.5 Å². The number of H-pyrrole nitrogens is 1. The Hall–Kier alpha value is -2.61. The number of aryl methyl sites for hydroxylation is 2. The molecule has 0 bridgehead atoms. The topological polar surface area (TPSA) is 90.7 Å². The average molecular weight is 427 g/mol. The molecule has 1 amide bonds. The van der Waals surface area contributed by atoms with Gasteiger partial charge in [-0.1, -0.05) is 44.2 Å². The third-order valence-corrected chi connectivity index (χ3v) is 6.15. The van der Waals surface area contributed by atoms with Crippen molar-refractivity contribution in [1.29, 1.82) is 5.41 Å². The Morgan fingerprint density at radius 2 is 1.97 bits per heavy atom. The van der Waals surface area contributed by atoms with Gasteiger partial charge in [-0.15, -0.1) is 0 Å². The van der Waals surface area contributed by atoms with Crippen LogP contribution in [0.5, 0.6) is 0 Å². The molecule has 0 saturated carbocycles. The van der Waals surface area contributed by atoms with Crippen molar-refractivity contribution in [3.05, 3.63) is 41.0 Å². The molecule has 2 aromatic heterocycles. The lowest BCUT2D eigenvalue weighted by atomic mass is 10.1. The number of carbonyl (C=O) groups is 1. The van der Waals surface area contributed by atoms with Crippen LogP contribution < -0.4 is 5.49 Å². The lowest BCUT2D eigenvalue weighted by Gasteiger charge is -2.21. The highest BCUT2D eigenvalue weighted by Crippen LogP contribution is 2.22. The van der Waals surface area contributed by atoms with E-state index in [1.165, 1.54) is 17.3 Å². The first-order chi connectivity index (χ1) is 14.5. The summed E-state index contributed by atoms with van der Waals surface area (Å²) in [4.78, 5) is 19.3. The van der Waals surface area contributed by atoms with Crippen LogP contribution in [0.15, 0.2) is 29.4 Å². The number of nitrogens with zero attached hydrogens (tertiary/aromatic N) is 4. The number of rotatable bonds is 9. The maximum atomic E-state index is 12.7. The zero-order valence-electron chi connectivity index (χ0n) is 18.2. The molecule has 8 heteroatoms. The van der Waals surface area contributed by atoms with Crippen LogP contribution in [-0.4, -0.2) is 49.4 Å². The standard InChI is InChI=1S/C22H30N6OS/c1-5-8-13-27(7-3)18(29)14-30-22-24-21-19(15(4)25-26-21)20(23)28(22)17-11-9-16(6-2)10-12-17/h9-12,23H,5-8,13-14H2,1-4H3,(H,25,26). The number of amides is 1. The predicted octanol–water partition coefficient (Wildman–Crippen LogP) is 3.84. The highest BCUT2D eigenvalue weighted by Gasteiger charge is 2.18. The van der Waals surface area contributed by atoms with E-state index in [1.54, 1.807) is 0 Å². The molecule has 0 spiro atoms. The Kier molecular flexibility index (Phi) is 7.31. The van der Waals surface area contributed by atoms with E-state index in [4.69, 9.17) is 5.41 Å². The van der Waals surface area contributed by atoms with E-state index in [9.17, 15) is 4.79 Å². The van der Waals surface area contributed by atoms with E-state index >= 15 is 0 Å². The quantitative estimate of drug-likeness (QED) is 0.402. The van der Waals surface area contributed by atoms with Gasteiger partial charge in [0.25, 0.3) is 0 Å². The van der Waals surface area contributed by atoms with Crippen LogP contribution in [0.25, 0.3) is 16.7 Å². The molecule has 0 fully saturated rings. The summed E-state index contributed by atoms with van der Waals surface area (Å²) in [5.74, 6) is 0.377. The maximum Gasteiger partial charge on any atom is 0.233 e. The Labute approximate surface area is 181 Å². The Bertz CT molecular complexity index is 1070. The first-order valence-electron chi connectivity index (χ1n) is 10.5. The van der Waals surface area contributed by atoms with Crippen molar-refractivity contribution in [1.82, 2.24) is 24.6 Å². The van der Waals surface area contributed by atoms with Crippen molar-refractivity contribution < 1.29 is 4.79 Å². The summed E-state index contributed by atoms with van der Waals surface area (Å²) >= 11 is 1.36. The lowest BCUT2D eigenvalue weighted by Crippen LogP contribution is -2.33. The van der Waals surface area contributed by atoms with Crippen LogP contribution >= 0.6 is 11.8 Å². The molecule has 7 nitrogen and oxygen atoms in total. The molecule has 3 rings (SSSR count). The summed E-state index contributed by atoms with van der Waals surface area (Å²) < 4.78 is 1.81. The number of hydrogen-bond acceptors (Lipinski definition) is 5. The van der Waals surface area contributed by atoms with Gasteiger partial charge in [0.2, 0.25) is 5.91 Å². The molecule has 0 aliphatic carbocycles. The number of aromatic nitrogens is 4. The molecular weight excluding hydrogens is 396 g/mol. The van der Waals surface area contributed by atoms with Crippen LogP contribution in [0.4, 0.5) is 0 Å². The highest BCUT2D eigenvalue weighted by atomic mass is 32.2. The van der Waals surface area contributed by atoms with E-state index in [2.05, 4.69) is 41.2 Å². The number of unbranched alkanes of at least 4 members (excludes halogenated alkanes) is 1. The first kappa shape index (κ1) is 22.1. The molecule has 0 aliphatic rings. The fourth-order valence-electron chi connectivity index (χ4n) is 3.37. The molecule has 30 heavy (non-hydrogen) atoms. The Morgan fingerprint density at radius 3 is 2.60 bits per heavy atom. The van der Waals surface area contributed by atoms with E-state index in [0.717, 1.165) is 37.2 Å². The van der Waals surface area contributed by atoms with Gasteiger partial charge in [0.05, 0.1) is 11.1 Å². The Morgan fingerprint density at radius 1 is 1.23 bits per heavy atom. The van der Waals surface area contributed by atoms with Crippen LogP contribution in [-0.2, 0) is 11.2 Å². The zero-order valence-corrected chi connectivity index (χ0v) is 19.0. The van der Waals surface area contributed by atoms with Gasteiger partial charge in [-0.25, -0.2) is 4.98 Å². The Balaban J connectivity index is 1.98. The van der Waals surface area contributed by atoms with Gasteiger partial charge in [-0.2, -0.15) is 5.10 Å². The van der Waals surface area contributed by atoms with E-state index in [-0.39, 0.29) is 11.7 Å². The van der Waals surface area contributed by atoms with Gasteiger partial charge in [-0.3, -0.25) is 19.9 Å². The smallest absolute Gasteiger partial charge is 0.233 e. The molecule has 0 atom stereocenters. The molecule has 2 N–H and O–H groups in total. The first-order valence-corrected chi connectivity index (χ1v) is 11.5. The maximum absolute atomic E-state index is 12.7. The van der Waals surface area contributed by atoms with Crippen molar-refractivity contribution in [3.8, 4) is 5.69 Å². The highest BCUT2D eigenvalue weighted by molar-refractivity contribution is 7.99. The van der Waals surface area contributed by atoms with Gasteiger partial charge < -0.3 is 4.90 Å². The van der Waals surface area contributed by atoms with E-state index in [1.807, 2.05) is 35.4 Å². The van der Waals surface area contributed by atoms with Crippen LogP contribution in [0.2, 0.25) is 0 Å². The summed E-state index contributed by atoms with van der Waals surface area (Å²) in [6.45, 7) is 9.62. The largest absolute Gasteiger partial charge is 0.342 e. The molecule has 160 valence electrons. The summed E-state index contributed by atoms with van der Waals surface area (Å²) in [6.07, 6.45) is 3.02. The van der Waals surface area contributed by atoms with Gasteiger partial charge >= 0.3 is 0 Å². The van der Waals surface area contributed by atoms with Gasteiger partial charge in [-0.05, 0) is 44.4 Å². The average Bonchev–Trinajstić information content (AvgIpc) is 3.13. The van der Waals surface area contributed by atoms with Crippen molar-refractivity contribution in [2.24, 2.45) is 0 Å². The van der Waals surface area contributed by atoms with Gasteiger partial charge in [0.15, 0.2) is 10.8 Å². The van der Waals surface area contributed by atoms with Crippen LogP contribution in [0.1, 0.15) is 44.9 Å². The van der Waals surface area contributed by atoms with E-state index < -0.39 is 0 Å². The molecule has 0 radical (unpaired) electrons. The molecule has 3 aromatic rings. The second kappa shape index (κ2) is 9.93. The summed E-state index contributed by atoms with van der Waals surface area (Å²) in [5.41, 5.74) is 3.74. The summed E-state index contributed by atoms with van der Waals surface area (Å²) in [6, 6.07) is 8.14. The summed E-state index contributed by atoms with van der Waals surface area (Å²) in [5, 5.41) is 17.3. The molecule has 2 heterocycles. The van der Waals surface area contributed by atoms with E-state index in [0.29, 0.717) is 28.2 Å². The van der Waals surface area contributed by atoms with Crippen LogP contribution in [0, 0.1) is 12.3 Å². The fourth-order valence-corrected chi connectivity index (χ4v) is 4.28. The number of carbonyl (C=O) groups excluding carboxylic acids is 1. The van der Waals surface area contributed by atoms with Crippen molar-refractivity contribution in [3.63, 3.8) is 0 Å². The van der Waals surface area contributed by atoms with Crippen LogP contribution in [0.3, 0.4) is 0 Å². The summed E-state index contributed by atoms with van der Waals surface area (Å²) in [7, 11) is 0. The van der Waals surface area contributed by atoms with Crippen molar-refractivity contribution in [2.45, 2.75) is 52.1 Å². The van der Waals surface area contributed by atoms with Crippen molar-refractivity contribution >= 4 is 28.7 Å². The molecule has 0 saturated heterocycles. The second-order valence-electron chi connectivity index (χ2n) is 7.26. The van der Waals surface area contributed by atoms with Gasteiger partial charge in [0.1, 0.15) is 5.49 Å². The minimum atomic E-state index is 0.0930. The third kappa shape index (κ3) is 4.59. The fraction of sp³-hybridized carbons (Fsp3) is 0.455. The minimum absolute atomic E-state index is 0.0930.